The largest absolute Gasteiger partial charge is 0.388 e. The van der Waals surface area contributed by atoms with Gasteiger partial charge in [-0.15, -0.1) is 0 Å². The third-order valence-corrected chi connectivity index (χ3v) is 3.04. The van der Waals surface area contributed by atoms with Gasteiger partial charge in [0.15, 0.2) is 0 Å². The monoisotopic (exact) mass is 224 g/mol. The van der Waals surface area contributed by atoms with E-state index in [0.29, 0.717) is 19.5 Å². The van der Waals surface area contributed by atoms with Crippen molar-refractivity contribution in [2.45, 2.75) is 32.0 Å². The van der Waals surface area contributed by atoms with Gasteiger partial charge in [0.25, 0.3) is 0 Å². The summed E-state index contributed by atoms with van der Waals surface area (Å²) < 4.78 is 13.1. The molecule has 0 unspecified atom stereocenters. The number of piperidine rings is 1. The van der Waals surface area contributed by atoms with E-state index >= 15 is 0 Å². The Morgan fingerprint density at radius 2 is 2.38 bits per heavy atom. The fourth-order valence-electron chi connectivity index (χ4n) is 1.95. The Kier molecular flexibility index (Phi) is 3.39. The van der Waals surface area contributed by atoms with Crippen LogP contribution in [0.3, 0.4) is 0 Å². The molecule has 1 aliphatic heterocycles. The number of alkyl halides is 1. The van der Waals surface area contributed by atoms with E-state index in [1.807, 2.05) is 17.0 Å². The highest BCUT2D eigenvalue weighted by molar-refractivity contribution is 5.45. The molecule has 0 aliphatic carbocycles. The zero-order valence-corrected chi connectivity index (χ0v) is 9.43. The van der Waals surface area contributed by atoms with Crippen LogP contribution in [-0.4, -0.2) is 35.5 Å². The Bertz CT molecular complexity index is 341. The first-order valence-corrected chi connectivity index (χ1v) is 5.72. The summed E-state index contributed by atoms with van der Waals surface area (Å²) in [5, 5.41) is 9.47. The second-order valence-corrected chi connectivity index (χ2v) is 4.18. The van der Waals surface area contributed by atoms with Crippen LogP contribution in [0.4, 0.5) is 10.1 Å². The average Bonchev–Trinajstić information content (AvgIpc) is 2.33. The number of aliphatic hydroxyl groups excluding tert-OH is 1. The second-order valence-electron chi connectivity index (χ2n) is 4.18. The van der Waals surface area contributed by atoms with Gasteiger partial charge in [-0.3, -0.25) is 4.98 Å². The predicted octanol–water partition coefficient (Wildman–Crippen LogP) is 1.55. The highest BCUT2D eigenvalue weighted by atomic mass is 19.1. The molecule has 0 amide bonds. The van der Waals surface area contributed by atoms with Crippen LogP contribution in [0.1, 0.15) is 19.0 Å². The van der Waals surface area contributed by atoms with Crippen molar-refractivity contribution in [3.63, 3.8) is 0 Å². The fraction of sp³-hybridized carbons (Fsp3) is 0.583. The zero-order valence-electron chi connectivity index (χ0n) is 9.43. The molecule has 1 N–H and O–H groups in total. The number of nitrogens with zero attached hydrogens (tertiary/aromatic N) is 2. The molecule has 1 aliphatic rings. The summed E-state index contributed by atoms with van der Waals surface area (Å²) in [6.45, 7) is 3.06. The van der Waals surface area contributed by atoms with Gasteiger partial charge < -0.3 is 10.0 Å². The summed E-state index contributed by atoms with van der Waals surface area (Å²) in [5.41, 5.74) is 2.01. The lowest BCUT2D eigenvalue weighted by Gasteiger charge is -2.33. The number of anilines is 1. The van der Waals surface area contributed by atoms with E-state index in [0.717, 1.165) is 17.8 Å². The standard InChI is InChI=1S/C12H17FN2O/c1-2-9-3-4-10(7-14-9)15-6-5-11(13)12(16)8-15/h3-4,7,11-12,16H,2,5-6,8H2,1H3/t11-,12-/m1/s1. The van der Waals surface area contributed by atoms with Crippen molar-refractivity contribution in [3.8, 4) is 0 Å². The summed E-state index contributed by atoms with van der Waals surface area (Å²) in [7, 11) is 0. The van der Waals surface area contributed by atoms with Crippen LogP contribution < -0.4 is 4.90 Å². The Morgan fingerprint density at radius 3 is 2.94 bits per heavy atom. The molecule has 2 atom stereocenters. The lowest BCUT2D eigenvalue weighted by Crippen LogP contribution is -2.45. The van der Waals surface area contributed by atoms with Gasteiger partial charge in [0.1, 0.15) is 12.3 Å². The smallest absolute Gasteiger partial charge is 0.129 e. The molecule has 1 saturated heterocycles. The topological polar surface area (TPSA) is 36.4 Å². The number of aryl methyl sites for hydroxylation is 1. The first kappa shape index (κ1) is 11.3. The van der Waals surface area contributed by atoms with E-state index in [1.165, 1.54) is 0 Å². The van der Waals surface area contributed by atoms with E-state index in [4.69, 9.17) is 0 Å². The number of rotatable bonds is 2. The minimum atomic E-state index is -1.08. The van der Waals surface area contributed by atoms with Crippen molar-refractivity contribution in [2.24, 2.45) is 0 Å². The van der Waals surface area contributed by atoms with E-state index in [9.17, 15) is 9.50 Å². The van der Waals surface area contributed by atoms with Crippen molar-refractivity contribution in [1.29, 1.82) is 0 Å². The maximum Gasteiger partial charge on any atom is 0.129 e. The maximum atomic E-state index is 13.1. The van der Waals surface area contributed by atoms with E-state index in [1.54, 1.807) is 6.20 Å². The first-order chi connectivity index (χ1) is 7.70. The van der Waals surface area contributed by atoms with Crippen molar-refractivity contribution in [1.82, 2.24) is 4.98 Å². The summed E-state index contributed by atoms with van der Waals surface area (Å²) in [5.74, 6) is 0. The van der Waals surface area contributed by atoms with Gasteiger partial charge in [0.05, 0.1) is 11.9 Å². The predicted molar refractivity (Wildman–Crippen MR) is 61.3 cm³/mol. The Balaban J connectivity index is 2.06. The molecule has 1 aromatic heterocycles. The van der Waals surface area contributed by atoms with Gasteiger partial charge in [0.2, 0.25) is 0 Å². The molecule has 1 aromatic rings. The van der Waals surface area contributed by atoms with Gasteiger partial charge in [-0.05, 0) is 25.0 Å². The number of hydrogen-bond donors (Lipinski definition) is 1. The molecule has 0 radical (unpaired) electrons. The number of pyridine rings is 1. The van der Waals surface area contributed by atoms with Crippen molar-refractivity contribution in [2.75, 3.05) is 18.0 Å². The van der Waals surface area contributed by atoms with Crippen molar-refractivity contribution >= 4 is 5.69 Å². The van der Waals surface area contributed by atoms with Crippen molar-refractivity contribution in [3.05, 3.63) is 24.0 Å². The molecule has 0 aromatic carbocycles. The highest BCUT2D eigenvalue weighted by Gasteiger charge is 2.27. The van der Waals surface area contributed by atoms with Crippen LogP contribution in [0.2, 0.25) is 0 Å². The summed E-state index contributed by atoms with van der Waals surface area (Å²) >= 11 is 0. The number of aliphatic hydroxyl groups is 1. The molecule has 0 bridgehead atoms. The number of β-amino-alcohol motifs (C(OH)–C–C–N with tert-alkyl or cyclic N) is 1. The Labute approximate surface area is 94.9 Å². The van der Waals surface area contributed by atoms with E-state index < -0.39 is 12.3 Å². The third-order valence-electron chi connectivity index (χ3n) is 3.04. The lowest BCUT2D eigenvalue weighted by atomic mass is 10.1. The van der Waals surface area contributed by atoms with Crippen molar-refractivity contribution < 1.29 is 9.50 Å². The molecule has 16 heavy (non-hydrogen) atoms. The molecule has 0 spiro atoms. The summed E-state index contributed by atoms with van der Waals surface area (Å²) in [6.07, 6.45) is 1.13. The molecule has 0 saturated carbocycles. The fourth-order valence-corrected chi connectivity index (χ4v) is 1.95. The molecule has 88 valence electrons. The van der Waals surface area contributed by atoms with Crippen LogP contribution in [-0.2, 0) is 6.42 Å². The van der Waals surface area contributed by atoms with Gasteiger partial charge in [0, 0.05) is 18.8 Å². The van der Waals surface area contributed by atoms with E-state index in [2.05, 4.69) is 11.9 Å². The van der Waals surface area contributed by atoms with Gasteiger partial charge in [-0.25, -0.2) is 4.39 Å². The number of aromatic nitrogens is 1. The van der Waals surface area contributed by atoms with Crippen LogP contribution in [0.5, 0.6) is 0 Å². The molecule has 2 heterocycles. The van der Waals surface area contributed by atoms with Crippen LogP contribution in [0.15, 0.2) is 18.3 Å². The molecule has 1 fully saturated rings. The zero-order chi connectivity index (χ0) is 11.5. The normalized spacial score (nSPS) is 25.8. The van der Waals surface area contributed by atoms with Crippen LogP contribution >= 0.6 is 0 Å². The van der Waals surface area contributed by atoms with E-state index in [-0.39, 0.29) is 0 Å². The minimum Gasteiger partial charge on any atom is -0.388 e. The molecular formula is C12H17FN2O. The summed E-state index contributed by atoms with van der Waals surface area (Å²) in [4.78, 5) is 6.28. The second kappa shape index (κ2) is 4.78. The highest BCUT2D eigenvalue weighted by Crippen LogP contribution is 2.21. The quantitative estimate of drug-likeness (QED) is 0.828. The number of halogens is 1. The molecule has 3 nitrogen and oxygen atoms in total. The van der Waals surface area contributed by atoms with Crippen LogP contribution in [0, 0.1) is 0 Å². The van der Waals surface area contributed by atoms with Gasteiger partial charge in [-0.1, -0.05) is 6.92 Å². The third kappa shape index (κ3) is 2.32. The molecular weight excluding hydrogens is 207 g/mol. The number of hydrogen-bond acceptors (Lipinski definition) is 3. The van der Waals surface area contributed by atoms with Gasteiger partial charge >= 0.3 is 0 Å². The Morgan fingerprint density at radius 1 is 1.56 bits per heavy atom. The first-order valence-electron chi connectivity index (χ1n) is 5.72. The molecule has 4 heteroatoms. The van der Waals surface area contributed by atoms with Gasteiger partial charge in [-0.2, -0.15) is 0 Å². The Hall–Kier alpha value is -1.16. The SMILES string of the molecule is CCc1ccc(N2CC[C@@H](F)[C@H](O)C2)cn1. The minimum absolute atomic E-state index is 0.355. The van der Waals surface area contributed by atoms with Crippen LogP contribution in [0.25, 0.3) is 0 Å². The average molecular weight is 224 g/mol. The lowest BCUT2D eigenvalue weighted by molar-refractivity contribution is 0.0645. The maximum absolute atomic E-state index is 13.1. The molecule has 2 rings (SSSR count). The summed E-state index contributed by atoms with van der Waals surface area (Å²) in [6, 6.07) is 3.96.